The summed E-state index contributed by atoms with van der Waals surface area (Å²) in [4.78, 5) is 16.9. The molecule has 0 saturated heterocycles. The van der Waals surface area contributed by atoms with Gasteiger partial charge in [-0.25, -0.2) is 9.79 Å². The van der Waals surface area contributed by atoms with E-state index >= 15 is 0 Å². The SMILES string of the molecule is CCOC(=O)c1ccc(NC(=S)C2=Nc3cccc4cccc(c34)N2)cc1. The van der Waals surface area contributed by atoms with Gasteiger partial charge >= 0.3 is 5.97 Å². The monoisotopic (exact) mass is 375 g/mol. The number of nitrogens with zero attached hydrogens (tertiary/aromatic N) is 1. The number of nitrogens with one attached hydrogen (secondary N) is 2. The number of benzene rings is 3. The zero-order valence-corrected chi connectivity index (χ0v) is 15.5. The number of carbonyl (C=O) groups is 1. The first-order valence-electron chi connectivity index (χ1n) is 8.61. The Morgan fingerprint density at radius 1 is 1.11 bits per heavy atom. The van der Waals surface area contributed by atoms with Gasteiger partial charge in [0.25, 0.3) is 0 Å². The number of amidine groups is 1. The lowest BCUT2D eigenvalue weighted by Gasteiger charge is -2.20. The summed E-state index contributed by atoms with van der Waals surface area (Å²) in [6.07, 6.45) is 0. The van der Waals surface area contributed by atoms with Crippen LogP contribution in [0.1, 0.15) is 17.3 Å². The van der Waals surface area contributed by atoms with Crippen LogP contribution in [0.5, 0.6) is 0 Å². The van der Waals surface area contributed by atoms with E-state index in [0.717, 1.165) is 27.8 Å². The molecule has 0 aromatic heterocycles. The molecular formula is C21H17N3O2S. The van der Waals surface area contributed by atoms with Crippen LogP contribution in [0.15, 0.2) is 65.7 Å². The highest BCUT2D eigenvalue weighted by atomic mass is 32.1. The van der Waals surface area contributed by atoms with Crippen LogP contribution in [0.3, 0.4) is 0 Å². The number of aliphatic imine (C=N–C) groups is 1. The zero-order chi connectivity index (χ0) is 18.8. The van der Waals surface area contributed by atoms with Crippen LogP contribution in [0.2, 0.25) is 0 Å². The van der Waals surface area contributed by atoms with Gasteiger partial charge < -0.3 is 15.4 Å². The van der Waals surface area contributed by atoms with Gasteiger partial charge in [0.2, 0.25) is 0 Å². The average Bonchev–Trinajstić information content (AvgIpc) is 2.69. The van der Waals surface area contributed by atoms with E-state index < -0.39 is 0 Å². The molecule has 0 amide bonds. The van der Waals surface area contributed by atoms with Crippen LogP contribution in [-0.4, -0.2) is 23.4 Å². The number of rotatable bonds is 4. The predicted molar refractivity (Wildman–Crippen MR) is 113 cm³/mol. The third-order valence-electron chi connectivity index (χ3n) is 4.24. The average molecular weight is 375 g/mol. The number of anilines is 2. The van der Waals surface area contributed by atoms with Crippen molar-refractivity contribution in [1.82, 2.24) is 0 Å². The smallest absolute Gasteiger partial charge is 0.338 e. The van der Waals surface area contributed by atoms with Gasteiger partial charge in [-0.05, 0) is 48.7 Å². The van der Waals surface area contributed by atoms with E-state index in [1.807, 2.05) is 24.3 Å². The van der Waals surface area contributed by atoms with Gasteiger partial charge in [0.15, 0.2) is 5.84 Å². The summed E-state index contributed by atoms with van der Waals surface area (Å²) in [5, 5.41) is 8.68. The van der Waals surface area contributed by atoms with Gasteiger partial charge in [0.05, 0.1) is 17.9 Å². The molecule has 4 rings (SSSR count). The summed E-state index contributed by atoms with van der Waals surface area (Å²) in [6, 6.07) is 19.1. The van der Waals surface area contributed by atoms with E-state index in [1.54, 1.807) is 31.2 Å². The molecule has 0 saturated carbocycles. The van der Waals surface area contributed by atoms with E-state index in [0.29, 0.717) is 23.0 Å². The molecule has 1 heterocycles. The molecule has 134 valence electrons. The molecule has 0 bridgehead atoms. The minimum absolute atomic E-state index is 0.338. The van der Waals surface area contributed by atoms with Crippen LogP contribution < -0.4 is 10.6 Å². The maximum Gasteiger partial charge on any atom is 0.338 e. The van der Waals surface area contributed by atoms with E-state index in [9.17, 15) is 4.79 Å². The standard InChI is InChI=1S/C21H17N3O2S/c1-2-26-21(25)14-9-11-15(12-10-14)22-20(27)19-23-16-7-3-5-13-6-4-8-17(24-19)18(13)16/h3-12H,2H2,1H3,(H,22,27)(H,23,24). The van der Waals surface area contributed by atoms with Gasteiger partial charge in [0, 0.05) is 16.8 Å². The maximum atomic E-state index is 11.7. The molecule has 6 heteroatoms. The van der Waals surface area contributed by atoms with Crippen molar-refractivity contribution in [1.29, 1.82) is 0 Å². The van der Waals surface area contributed by atoms with Crippen LogP contribution in [0.25, 0.3) is 10.8 Å². The number of esters is 1. The molecule has 1 aliphatic heterocycles. The highest BCUT2D eigenvalue weighted by Gasteiger charge is 2.17. The van der Waals surface area contributed by atoms with E-state index in [-0.39, 0.29) is 5.97 Å². The normalized spacial score (nSPS) is 12.1. The topological polar surface area (TPSA) is 62.7 Å². The molecule has 27 heavy (non-hydrogen) atoms. The molecule has 0 unspecified atom stereocenters. The van der Waals surface area contributed by atoms with Crippen LogP contribution in [0.4, 0.5) is 17.1 Å². The highest BCUT2D eigenvalue weighted by molar-refractivity contribution is 7.82. The quantitative estimate of drug-likeness (QED) is 0.501. The molecule has 3 aromatic rings. The second-order valence-electron chi connectivity index (χ2n) is 6.02. The molecule has 0 spiro atoms. The first-order valence-corrected chi connectivity index (χ1v) is 9.02. The fraction of sp³-hybridized carbons (Fsp3) is 0.0952. The number of ether oxygens (including phenoxy) is 1. The van der Waals surface area contributed by atoms with Gasteiger partial charge in [-0.2, -0.15) is 0 Å². The predicted octanol–water partition coefficient (Wildman–Crippen LogP) is 4.91. The van der Waals surface area contributed by atoms with Gasteiger partial charge in [0.1, 0.15) is 4.99 Å². The molecule has 5 nitrogen and oxygen atoms in total. The van der Waals surface area contributed by atoms with E-state index in [2.05, 4.69) is 27.8 Å². The Morgan fingerprint density at radius 2 is 1.85 bits per heavy atom. The molecule has 0 aliphatic carbocycles. The molecular weight excluding hydrogens is 358 g/mol. The Morgan fingerprint density at radius 3 is 2.59 bits per heavy atom. The molecule has 3 aromatic carbocycles. The number of hydrogen-bond acceptors (Lipinski definition) is 5. The van der Waals surface area contributed by atoms with Crippen LogP contribution in [0, 0.1) is 0 Å². The maximum absolute atomic E-state index is 11.7. The summed E-state index contributed by atoms with van der Waals surface area (Å²) in [5.41, 5.74) is 3.14. The Labute approximate surface area is 162 Å². The second-order valence-corrected chi connectivity index (χ2v) is 6.43. The lowest BCUT2D eigenvalue weighted by atomic mass is 10.1. The Bertz CT molecular complexity index is 1070. The summed E-state index contributed by atoms with van der Waals surface area (Å²) in [7, 11) is 0. The van der Waals surface area contributed by atoms with E-state index in [1.165, 1.54) is 0 Å². The molecule has 0 fully saturated rings. The van der Waals surface area contributed by atoms with Gasteiger partial charge in [-0.15, -0.1) is 0 Å². The molecule has 2 N–H and O–H groups in total. The van der Waals surface area contributed by atoms with Crippen molar-refractivity contribution < 1.29 is 9.53 Å². The second kappa shape index (κ2) is 7.17. The minimum Gasteiger partial charge on any atom is -0.462 e. The molecule has 0 radical (unpaired) electrons. The number of carbonyl (C=O) groups excluding carboxylic acids is 1. The first kappa shape index (κ1) is 17.2. The minimum atomic E-state index is -0.338. The Hall–Kier alpha value is -3.25. The summed E-state index contributed by atoms with van der Waals surface area (Å²) >= 11 is 5.52. The third-order valence-corrected chi connectivity index (χ3v) is 4.53. The fourth-order valence-electron chi connectivity index (χ4n) is 3.00. The lowest BCUT2D eigenvalue weighted by molar-refractivity contribution is 0.0526. The largest absolute Gasteiger partial charge is 0.462 e. The Kier molecular flexibility index (Phi) is 4.56. The zero-order valence-electron chi connectivity index (χ0n) is 14.7. The summed E-state index contributed by atoms with van der Waals surface area (Å²) in [6.45, 7) is 2.13. The van der Waals surface area contributed by atoms with Crippen molar-refractivity contribution in [3.8, 4) is 0 Å². The fourth-order valence-corrected chi connectivity index (χ4v) is 3.21. The number of hydrogen-bond donors (Lipinski definition) is 2. The van der Waals surface area contributed by atoms with Crippen molar-refractivity contribution in [2.75, 3.05) is 17.2 Å². The van der Waals surface area contributed by atoms with Crippen molar-refractivity contribution >= 4 is 56.8 Å². The van der Waals surface area contributed by atoms with Crippen LogP contribution in [-0.2, 0) is 4.74 Å². The highest BCUT2D eigenvalue weighted by Crippen LogP contribution is 2.35. The number of thiocarbonyl (C=S) groups is 1. The molecule has 0 atom stereocenters. The molecule has 1 aliphatic rings. The lowest BCUT2D eigenvalue weighted by Crippen LogP contribution is -2.29. The summed E-state index contributed by atoms with van der Waals surface area (Å²) in [5.74, 6) is 0.250. The van der Waals surface area contributed by atoms with Crippen molar-refractivity contribution in [3.63, 3.8) is 0 Å². The van der Waals surface area contributed by atoms with Crippen molar-refractivity contribution in [2.45, 2.75) is 6.92 Å². The van der Waals surface area contributed by atoms with Gasteiger partial charge in [-0.1, -0.05) is 36.5 Å². The van der Waals surface area contributed by atoms with Gasteiger partial charge in [-0.3, -0.25) is 0 Å². The van der Waals surface area contributed by atoms with Crippen LogP contribution >= 0.6 is 12.2 Å². The Balaban J connectivity index is 1.55. The summed E-state index contributed by atoms with van der Waals surface area (Å²) < 4.78 is 4.99. The van der Waals surface area contributed by atoms with E-state index in [4.69, 9.17) is 17.0 Å². The first-order chi connectivity index (χ1) is 13.2. The van der Waals surface area contributed by atoms with Crippen molar-refractivity contribution in [2.24, 2.45) is 4.99 Å². The van der Waals surface area contributed by atoms with Crippen molar-refractivity contribution in [3.05, 3.63) is 66.2 Å². The third kappa shape index (κ3) is 3.39.